The molecule has 5 nitrogen and oxygen atoms in total. The summed E-state index contributed by atoms with van der Waals surface area (Å²) >= 11 is 2.91. The van der Waals surface area contributed by atoms with Gasteiger partial charge in [0.1, 0.15) is 4.66 Å². The lowest BCUT2D eigenvalue weighted by Gasteiger charge is -2.14. The Labute approximate surface area is 115 Å². The van der Waals surface area contributed by atoms with E-state index in [9.17, 15) is 13.2 Å². The van der Waals surface area contributed by atoms with Gasteiger partial charge in [-0.05, 0) is 24.6 Å². The Morgan fingerprint density at radius 1 is 1.44 bits per heavy atom. The van der Waals surface area contributed by atoms with Crippen LogP contribution >= 0.6 is 15.9 Å². The van der Waals surface area contributed by atoms with Gasteiger partial charge in [0.05, 0.1) is 0 Å². The van der Waals surface area contributed by atoms with Gasteiger partial charge in [-0.2, -0.15) is 0 Å². The van der Waals surface area contributed by atoms with E-state index in [4.69, 9.17) is 0 Å². The number of halogens is 1. The highest BCUT2D eigenvalue weighted by Crippen LogP contribution is 2.18. The minimum absolute atomic E-state index is 0.143. The maximum atomic E-state index is 11.4. The third kappa shape index (κ3) is 4.75. The zero-order chi connectivity index (χ0) is 13.8. The fourth-order valence-corrected chi connectivity index (χ4v) is 2.59. The van der Waals surface area contributed by atoms with Gasteiger partial charge < -0.3 is 5.32 Å². The first-order valence-electron chi connectivity index (χ1n) is 5.27. The number of carbonyl (C=O) groups is 1. The SMILES string of the molecule is CC(=O)Nc1cccc(C(C)NS(=O)(=O)CBr)c1. The molecule has 0 radical (unpaired) electrons. The molecule has 1 amide bonds. The van der Waals surface area contributed by atoms with Crippen molar-refractivity contribution in [3.8, 4) is 0 Å². The third-order valence-electron chi connectivity index (χ3n) is 2.21. The van der Waals surface area contributed by atoms with Crippen LogP contribution in [0.4, 0.5) is 5.69 Å². The van der Waals surface area contributed by atoms with Crippen LogP contribution in [-0.4, -0.2) is 19.0 Å². The standard InChI is InChI=1S/C11H15BrN2O3S/c1-8(14-18(16,17)7-12)10-4-3-5-11(6-10)13-9(2)15/h3-6,8,14H,7H2,1-2H3,(H,13,15). The van der Waals surface area contributed by atoms with Gasteiger partial charge in [0.15, 0.2) is 0 Å². The minimum atomic E-state index is -3.32. The van der Waals surface area contributed by atoms with E-state index in [1.165, 1.54) is 6.92 Å². The number of amides is 1. The molecule has 7 heteroatoms. The molecule has 0 bridgehead atoms. The first kappa shape index (κ1) is 15.1. The molecule has 0 heterocycles. The lowest BCUT2D eigenvalue weighted by atomic mass is 10.1. The van der Waals surface area contributed by atoms with Crippen LogP contribution in [0.25, 0.3) is 0 Å². The van der Waals surface area contributed by atoms with E-state index in [1.807, 2.05) is 0 Å². The van der Waals surface area contributed by atoms with Crippen LogP contribution in [0.15, 0.2) is 24.3 Å². The quantitative estimate of drug-likeness (QED) is 0.808. The van der Waals surface area contributed by atoms with Crippen molar-refractivity contribution in [2.24, 2.45) is 0 Å². The fraction of sp³-hybridized carbons (Fsp3) is 0.364. The molecule has 100 valence electrons. The number of alkyl halides is 1. The summed E-state index contributed by atoms with van der Waals surface area (Å²) in [4.78, 5) is 10.9. The van der Waals surface area contributed by atoms with Crippen molar-refractivity contribution in [3.63, 3.8) is 0 Å². The van der Waals surface area contributed by atoms with Crippen LogP contribution in [-0.2, 0) is 14.8 Å². The van der Waals surface area contributed by atoms with Crippen LogP contribution in [0.5, 0.6) is 0 Å². The van der Waals surface area contributed by atoms with E-state index in [0.717, 1.165) is 5.56 Å². The lowest BCUT2D eigenvalue weighted by Crippen LogP contribution is -2.27. The summed E-state index contributed by atoms with van der Waals surface area (Å²) in [6.45, 7) is 3.16. The molecule has 0 aliphatic carbocycles. The van der Waals surface area contributed by atoms with Crippen LogP contribution in [0, 0.1) is 0 Å². The van der Waals surface area contributed by atoms with Gasteiger partial charge in [-0.1, -0.05) is 28.1 Å². The summed E-state index contributed by atoms with van der Waals surface area (Å²) in [5.41, 5.74) is 1.43. The number of benzene rings is 1. The van der Waals surface area contributed by atoms with Crippen LogP contribution < -0.4 is 10.0 Å². The molecule has 1 atom stereocenters. The molecule has 0 aliphatic heterocycles. The highest BCUT2D eigenvalue weighted by molar-refractivity contribution is 9.10. The first-order valence-corrected chi connectivity index (χ1v) is 8.05. The predicted octanol–water partition coefficient (Wildman–Crippen LogP) is 1.98. The third-order valence-corrected chi connectivity index (χ3v) is 5.02. The van der Waals surface area contributed by atoms with E-state index in [1.54, 1.807) is 31.2 Å². The second-order valence-electron chi connectivity index (χ2n) is 3.87. The topological polar surface area (TPSA) is 75.3 Å². The van der Waals surface area contributed by atoms with Crippen molar-refractivity contribution in [1.29, 1.82) is 0 Å². The molecule has 0 saturated heterocycles. The van der Waals surface area contributed by atoms with E-state index >= 15 is 0 Å². The molecule has 1 aromatic carbocycles. The summed E-state index contributed by atoms with van der Waals surface area (Å²) in [6.07, 6.45) is 0. The molecule has 1 aromatic rings. The molecule has 0 aliphatic rings. The Kier molecular flexibility index (Phi) is 5.30. The number of hydrogen-bond donors (Lipinski definition) is 2. The Morgan fingerprint density at radius 3 is 2.67 bits per heavy atom. The van der Waals surface area contributed by atoms with E-state index in [-0.39, 0.29) is 16.6 Å². The smallest absolute Gasteiger partial charge is 0.222 e. The zero-order valence-electron chi connectivity index (χ0n) is 10.1. The van der Waals surface area contributed by atoms with Crippen molar-refractivity contribution in [1.82, 2.24) is 4.72 Å². The molecule has 18 heavy (non-hydrogen) atoms. The van der Waals surface area contributed by atoms with Gasteiger partial charge in [0, 0.05) is 18.7 Å². The number of sulfonamides is 1. The predicted molar refractivity (Wildman–Crippen MR) is 75.0 cm³/mol. The second-order valence-corrected chi connectivity index (χ2v) is 6.93. The Balaban J connectivity index is 2.86. The van der Waals surface area contributed by atoms with Gasteiger partial charge in [0.25, 0.3) is 0 Å². The zero-order valence-corrected chi connectivity index (χ0v) is 12.5. The maximum Gasteiger partial charge on any atom is 0.222 e. The first-order chi connectivity index (χ1) is 8.34. The summed E-state index contributed by atoms with van der Waals surface area (Å²) in [6, 6.07) is 6.69. The van der Waals surface area contributed by atoms with Gasteiger partial charge in [0.2, 0.25) is 15.9 Å². The summed E-state index contributed by atoms with van der Waals surface area (Å²) in [5, 5.41) is 2.65. The summed E-state index contributed by atoms with van der Waals surface area (Å²) < 4.78 is 25.2. The Hall–Kier alpha value is -0.920. The molecule has 0 saturated carbocycles. The van der Waals surface area contributed by atoms with Crippen molar-refractivity contribution in [2.75, 3.05) is 9.98 Å². The summed E-state index contributed by atoms with van der Waals surface area (Å²) in [7, 11) is -3.32. The molecule has 0 fully saturated rings. The number of rotatable bonds is 5. The molecule has 0 aromatic heterocycles. The minimum Gasteiger partial charge on any atom is -0.326 e. The number of hydrogen-bond acceptors (Lipinski definition) is 3. The highest BCUT2D eigenvalue weighted by atomic mass is 79.9. The average molecular weight is 335 g/mol. The van der Waals surface area contributed by atoms with Crippen LogP contribution in [0.1, 0.15) is 25.5 Å². The maximum absolute atomic E-state index is 11.4. The molecule has 2 N–H and O–H groups in total. The largest absolute Gasteiger partial charge is 0.326 e. The molecular formula is C11H15BrN2O3S. The van der Waals surface area contributed by atoms with E-state index in [2.05, 4.69) is 26.0 Å². The molecular weight excluding hydrogens is 320 g/mol. The Morgan fingerprint density at radius 2 is 2.11 bits per heavy atom. The van der Waals surface area contributed by atoms with E-state index < -0.39 is 10.0 Å². The monoisotopic (exact) mass is 334 g/mol. The van der Waals surface area contributed by atoms with Gasteiger partial charge in [-0.3, -0.25) is 4.79 Å². The van der Waals surface area contributed by atoms with Crippen molar-refractivity contribution in [3.05, 3.63) is 29.8 Å². The van der Waals surface area contributed by atoms with Crippen LogP contribution in [0.2, 0.25) is 0 Å². The van der Waals surface area contributed by atoms with Crippen molar-refractivity contribution < 1.29 is 13.2 Å². The normalized spacial score (nSPS) is 13.1. The van der Waals surface area contributed by atoms with Crippen molar-refractivity contribution in [2.45, 2.75) is 19.9 Å². The Bertz CT molecular complexity index is 531. The lowest BCUT2D eigenvalue weighted by molar-refractivity contribution is -0.114. The molecule has 1 unspecified atom stereocenters. The number of carbonyl (C=O) groups excluding carboxylic acids is 1. The number of anilines is 1. The van der Waals surface area contributed by atoms with Gasteiger partial charge in [-0.25, -0.2) is 13.1 Å². The number of nitrogens with one attached hydrogen (secondary N) is 2. The van der Waals surface area contributed by atoms with Gasteiger partial charge in [-0.15, -0.1) is 0 Å². The van der Waals surface area contributed by atoms with E-state index in [0.29, 0.717) is 5.69 Å². The summed E-state index contributed by atoms with van der Waals surface area (Å²) in [5.74, 6) is -0.166. The fourth-order valence-electron chi connectivity index (χ4n) is 1.46. The average Bonchev–Trinajstić information content (AvgIpc) is 2.28. The molecule has 0 spiro atoms. The second kappa shape index (κ2) is 6.31. The highest BCUT2D eigenvalue weighted by Gasteiger charge is 2.14. The van der Waals surface area contributed by atoms with Crippen molar-refractivity contribution >= 4 is 37.5 Å². The van der Waals surface area contributed by atoms with Crippen LogP contribution in [0.3, 0.4) is 0 Å². The van der Waals surface area contributed by atoms with Gasteiger partial charge >= 0.3 is 0 Å². The molecule has 1 rings (SSSR count).